The zero-order valence-electron chi connectivity index (χ0n) is 8.63. The smallest absolute Gasteiger partial charge is 0.0716 e. The largest absolute Gasteiger partial charge is 0.391 e. The van der Waals surface area contributed by atoms with E-state index in [4.69, 9.17) is 0 Å². The van der Waals surface area contributed by atoms with E-state index in [1.807, 2.05) is 0 Å². The first-order chi connectivity index (χ1) is 6.86. The van der Waals surface area contributed by atoms with E-state index in [0.29, 0.717) is 12.0 Å². The van der Waals surface area contributed by atoms with Gasteiger partial charge in [0.05, 0.1) is 6.10 Å². The van der Waals surface area contributed by atoms with Gasteiger partial charge in [-0.3, -0.25) is 0 Å². The molecule has 0 spiro atoms. The van der Waals surface area contributed by atoms with E-state index in [2.05, 4.69) is 16.0 Å². The number of hydrogen-bond donors (Lipinski definition) is 4. The second-order valence-corrected chi connectivity index (χ2v) is 4.44. The molecule has 2 aliphatic rings. The van der Waals surface area contributed by atoms with E-state index in [1.54, 1.807) is 0 Å². The molecule has 0 aromatic heterocycles. The van der Waals surface area contributed by atoms with Gasteiger partial charge in [0.2, 0.25) is 0 Å². The molecule has 2 aliphatic heterocycles. The summed E-state index contributed by atoms with van der Waals surface area (Å²) in [6, 6.07) is 0.608. The minimum atomic E-state index is -0.154. The SMILES string of the molecule is OC1CNCC1CNC1CCCNC1. The molecule has 2 saturated heterocycles. The van der Waals surface area contributed by atoms with E-state index in [0.717, 1.165) is 32.7 Å². The van der Waals surface area contributed by atoms with E-state index >= 15 is 0 Å². The summed E-state index contributed by atoms with van der Waals surface area (Å²) >= 11 is 0. The van der Waals surface area contributed by atoms with Crippen molar-refractivity contribution in [2.45, 2.75) is 25.0 Å². The van der Waals surface area contributed by atoms with Crippen LogP contribution < -0.4 is 16.0 Å². The maximum atomic E-state index is 9.60. The number of rotatable bonds is 3. The van der Waals surface area contributed by atoms with Crippen LogP contribution in [0.25, 0.3) is 0 Å². The third-order valence-electron chi connectivity index (χ3n) is 3.27. The molecule has 2 heterocycles. The van der Waals surface area contributed by atoms with Crippen LogP contribution in [0.5, 0.6) is 0 Å². The second kappa shape index (κ2) is 5.07. The molecule has 4 nitrogen and oxygen atoms in total. The fourth-order valence-electron chi connectivity index (χ4n) is 2.27. The van der Waals surface area contributed by atoms with Crippen molar-refractivity contribution in [3.8, 4) is 0 Å². The van der Waals surface area contributed by atoms with Crippen molar-refractivity contribution in [3.05, 3.63) is 0 Å². The lowest BCUT2D eigenvalue weighted by molar-refractivity contribution is 0.143. The average Bonchev–Trinajstić information content (AvgIpc) is 2.63. The molecule has 2 fully saturated rings. The zero-order valence-corrected chi connectivity index (χ0v) is 8.63. The van der Waals surface area contributed by atoms with Gasteiger partial charge in [0.15, 0.2) is 0 Å². The van der Waals surface area contributed by atoms with Crippen LogP contribution in [-0.2, 0) is 0 Å². The third kappa shape index (κ3) is 2.67. The lowest BCUT2D eigenvalue weighted by Gasteiger charge is -2.25. The van der Waals surface area contributed by atoms with Crippen LogP contribution in [-0.4, -0.2) is 50.0 Å². The Morgan fingerprint density at radius 3 is 2.79 bits per heavy atom. The maximum Gasteiger partial charge on any atom is 0.0716 e. The summed E-state index contributed by atoms with van der Waals surface area (Å²) in [6.07, 6.45) is 2.38. The van der Waals surface area contributed by atoms with Crippen LogP contribution in [0.4, 0.5) is 0 Å². The van der Waals surface area contributed by atoms with Crippen LogP contribution in [0.2, 0.25) is 0 Å². The zero-order chi connectivity index (χ0) is 9.80. The van der Waals surface area contributed by atoms with Crippen molar-refractivity contribution in [2.75, 3.05) is 32.7 Å². The van der Waals surface area contributed by atoms with Gasteiger partial charge in [0.1, 0.15) is 0 Å². The fourth-order valence-corrected chi connectivity index (χ4v) is 2.27. The first kappa shape index (κ1) is 10.4. The highest BCUT2D eigenvalue weighted by molar-refractivity contribution is 4.84. The molecule has 3 atom stereocenters. The van der Waals surface area contributed by atoms with E-state index < -0.39 is 0 Å². The van der Waals surface area contributed by atoms with Gasteiger partial charge in [0.25, 0.3) is 0 Å². The first-order valence-corrected chi connectivity index (χ1v) is 5.69. The Labute approximate surface area is 85.5 Å². The van der Waals surface area contributed by atoms with Crippen molar-refractivity contribution < 1.29 is 5.11 Å². The molecule has 82 valence electrons. The molecule has 14 heavy (non-hydrogen) atoms. The average molecular weight is 199 g/mol. The van der Waals surface area contributed by atoms with Crippen LogP contribution >= 0.6 is 0 Å². The van der Waals surface area contributed by atoms with Gasteiger partial charge in [-0.25, -0.2) is 0 Å². The van der Waals surface area contributed by atoms with Crippen LogP contribution in [0.1, 0.15) is 12.8 Å². The minimum absolute atomic E-state index is 0.154. The van der Waals surface area contributed by atoms with Crippen LogP contribution in [0.15, 0.2) is 0 Å². The molecular formula is C10H21N3O. The lowest BCUT2D eigenvalue weighted by Crippen LogP contribution is -2.45. The van der Waals surface area contributed by atoms with Crippen molar-refractivity contribution in [3.63, 3.8) is 0 Å². The Morgan fingerprint density at radius 2 is 2.14 bits per heavy atom. The minimum Gasteiger partial charge on any atom is -0.391 e. The standard InChI is InChI=1S/C10H21N3O/c14-10-7-12-4-8(10)5-13-9-2-1-3-11-6-9/h8-14H,1-7H2. The molecule has 0 saturated carbocycles. The summed E-state index contributed by atoms with van der Waals surface area (Å²) in [4.78, 5) is 0. The molecule has 0 bridgehead atoms. The molecule has 3 unspecified atom stereocenters. The summed E-state index contributed by atoms with van der Waals surface area (Å²) in [5.41, 5.74) is 0. The maximum absolute atomic E-state index is 9.60. The summed E-state index contributed by atoms with van der Waals surface area (Å²) in [5, 5.41) is 19.7. The van der Waals surface area contributed by atoms with Crippen LogP contribution in [0.3, 0.4) is 0 Å². The monoisotopic (exact) mass is 199 g/mol. The fraction of sp³-hybridized carbons (Fsp3) is 1.00. The second-order valence-electron chi connectivity index (χ2n) is 4.44. The molecule has 2 rings (SSSR count). The summed E-state index contributed by atoms with van der Waals surface area (Å²) in [6.45, 7) is 4.89. The highest BCUT2D eigenvalue weighted by atomic mass is 16.3. The van der Waals surface area contributed by atoms with Crippen molar-refractivity contribution >= 4 is 0 Å². The van der Waals surface area contributed by atoms with Gasteiger partial charge in [-0.2, -0.15) is 0 Å². The number of β-amino-alcohol motifs (C(OH)–C–C–N with tert-alkyl or cyclic N) is 1. The molecule has 0 amide bonds. The Bertz CT molecular complexity index is 171. The van der Waals surface area contributed by atoms with Crippen molar-refractivity contribution in [1.82, 2.24) is 16.0 Å². The van der Waals surface area contributed by atoms with Gasteiger partial charge >= 0.3 is 0 Å². The van der Waals surface area contributed by atoms with Gasteiger partial charge < -0.3 is 21.1 Å². The van der Waals surface area contributed by atoms with E-state index in [1.165, 1.54) is 12.8 Å². The number of hydrogen-bond acceptors (Lipinski definition) is 4. The molecule has 4 heteroatoms. The predicted molar refractivity (Wildman–Crippen MR) is 56.3 cm³/mol. The van der Waals surface area contributed by atoms with Gasteiger partial charge in [-0.05, 0) is 19.4 Å². The Balaban J connectivity index is 1.65. The van der Waals surface area contributed by atoms with Crippen LogP contribution in [0, 0.1) is 5.92 Å². The normalized spacial score (nSPS) is 38.8. The first-order valence-electron chi connectivity index (χ1n) is 5.69. The predicted octanol–water partition coefficient (Wildman–Crippen LogP) is -1.09. The molecular weight excluding hydrogens is 178 g/mol. The number of nitrogens with one attached hydrogen (secondary N) is 3. The van der Waals surface area contributed by atoms with Crippen molar-refractivity contribution in [1.29, 1.82) is 0 Å². The summed E-state index contributed by atoms with van der Waals surface area (Å²) < 4.78 is 0. The highest BCUT2D eigenvalue weighted by Crippen LogP contribution is 2.08. The number of aliphatic hydroxyl groups is 1. The lowest BCUT2D eigenvalue weighted by atomic mass is 10.0. The molecule has 0 aromatic carbocycles. The van der Waals surface area contributed by atoms with Crippen molar-refractivity contribution in [2.24, 2.45) is 5.92 Å². The van der Waals surface area contributed by atoms with Gasteiger partial charge in [-0.15, -0.1) is 0 Å². The Morgan fingerprint density at radius 1 is 1.21 bits per heavy atom. The Hall–Kier alpha value is -0.160. The number of piperidine rings is 1. The topological polar surface area (TPSA) is 56.3 Å². The van der Waals surface area contributed by atoms with Gasteiger partial charge in [-0.1, -0.05) is 0 Å². The molecule has 0 aliphatic carbocycles. The molecule has 0 aromatic rings. The number of aliphatic hydroxyl groups excluding tert-OH is 1. The molecule has 4 N–H and O–H groups in total. The van der Waals surface area contributed by atoms with E-state index in [9.17, 15) is 5.11 Å². The Kier molecular flexibility index (Phi) is 3.75. The van der Waals surface area contributed by atoms with Gasteiger partial charge in [0, 0.05) is 38.1 Å². The van der Waals surface area contributed by atoms with E-state index in [-0.39, 0.29) is 6.10 Å². The third-order valence-corrected chi connectivity index (χ3v) is 3.27. The summed E-state index contributed by atoms with van der Waals surface area (Å²) in [5.74, 6) is 0.400. The quantitative estimate of drug-likeness (QED) is 0.466. The summed E-state index contributed by atoms with van der Waals surface area (Å²) in [7, 11) is 0. The molecule has 0 radical (unpaired) electrons. The highest BCUT2D eigenvalue weighted by Gasteiger charge is 2.25.